The molecule has 1 aliphatic carbocycles. The smallest absolute Gasteiger partial charge is 0.269 e. The number of hydrogen-bond acceptors (Lipinski definition) is 5. The van der Waals surface area contributed by atoms with Crippen molar-refractivity contribution in [3.63, 3.8) is 0 Å². The third-order valence-electron chi connectivity index (χ3n) is 4.45. The lowest BCUT2D eigenvalue weighted by molar-refractivity contribution is -0.117. The molecule has 0 bridgehead atoms. The highest BCUT2D eigenvalue weighted by Gasteiger charge is 2.29. The van der Waals surface area contributed by atoms with Crippen molar-refractivity contribution < 1.29 is 19.1 Å². The van der Waals surface area contributed by atoms with E-state index in [1.165, 1.54) is 0 Å². The molecule has 1 saturated carbocycles. The molecule has 8 nitrogen and oxygen atoms in total. The van der Waals surface area contributed by atoms with E-state index < -0.39 is 11.8 Å². The third-order valence-corrected chi connectivity index (χ3v) is 4.65. The number of hydrazine groups is 1. The molecule has 3 rings (SSSR count). The minimum atomic E-state index is -0.438. The maximum Gasteiger partial charge on any atom is 0.269 e. The van der Waals surface area contributed by atoms with Gasteiger partial charge in [0.2, 0.25) is 5.91 Å². The summed E-state index contributed by atoms with van der Waals surface area (Å²) in [5.74, 6) is -0.160. The van der Waals surface area contributed by atoms with Gasteiger partial charge in [0.25, 0.3) is 11.8 Å². The second kappa shape index (κ2) is 10.5. The number of benzene rings is 2. The quantitative estimate of drug-likeness (QED) is 0.390. The second-order valence-corrected chi connectivity index (χ2v) is 7.49. The lowest BCUT2D eigenvalue weighted by Gasteiger charge is -2.12. The molecular formula is C22H24N4O4S. The van der Waals surface area contributed by atoms with Gasteiger partial charge < -0.3 is 10.1 Å². The van der Waals surface area contributed by atoms with Crippen molar-refractivity contribution in [2.45, 2.75) is 26.2 Å². The molecule has 162 valence electrons. The van der Waals surface area contributed by atoms with E-state index in [1.807, 2.05) is 6.92 Å². The Kier molecular flexibility index (Phi) is 7.55. The largest absolute Gasteiger partial charge is 0.494 e. The van der Waals surface area contributed by atoms with Crippen molar-refractivity contribution in [1.29, 1.82) is 0 Å². The number of carbonyl (C=O) groups is 3. The minimum absolute atomic E-state index is 0.00224. The van der Waals surface area contributed by atoms with Gasteiger partial charge in [-0.2, -0.15) is 0 Å². The Morgan fingerprint density at radius 3 is 2.42 bits per heavy atom. The molecule has 0 saturated heterocycles. The molecular weight excluding hydrogens is 416 g/mol. The summed E-state index contributed by atoms with van der Waals surface area (Å²) in [7, 11) is 0. The first-order valence-corrected chi connectivity index (χ1v) is 10.4. The summed E-state index contributed by atoms with van der Waals surface area (Å²) in [4.78, 5) is 36.4. The number of amides is 3. The van der Waals surface area contributed by atoms with E-state index in [0.717, 1.165) is 19.3 Å². The summed E-state index contributed by atoms with van der Waals surface area (Å²) in [6, 6.07) is 13.2. The van der Waals surface area contributed by atoms with Crippen molar-refractivity contribution in [3.8, 4) is 5.75 Å². The fraction of sp³-hybridized carbons (Fsp3) is 0.273. The highest BCUT2D eigenvalue weighted by atomic mass is 32.1. The van der Waals surface area contributed by atoms with Gasteiger partial charge >= 0.3 is 0 Å². The molecule has 0 heterocycles. The maximum absolute atomic E-state index is 12.3. The van der Waals surface area contributed by atoms with Crippen LogP contribution in [0.15, 0.2) is 48.5 Å². The molecule has 1 fully saturated rings. The highest BCUT2D eigenvalue weighted by molar-refractivity contribution is 7.80. The van der Waals surface area contributed by atoms with Crippen LogP contribution < -0.4 is 26.2 Å². The standard InChI is InChI=1S/C22H24N4O4S/c1-2-12-30-18-5-3-4-16(13-18)20(28)24-22(31)26-25-21(29)15-8-10-17(11-9-15)23-19(27)14-6-7-14/h3-5,8-11,13-14H,2,6-7,12H2,1H3,(H,23,27)(H,25,29)(H2,24,26,28,31). The number of carbonyl (C=O) groups excluding carboxylic acids is 3. The summed E-state index contributed by atoms with van der Waals surface area (Å²) >= 11 is 5.06. The van der Waals surface area contributed by atoms with E-state index in [0.29, 0.717) is 29.2 Å². The summed E-state index contributed by atoms with van der Waals surface area (Å²) < 4.78 is 5.51. The zero-order valence-corrected chi connectivity index (χ0v) is 17.9. The summed E-state index contributed by atoms with van der Waals surface area (Å²) in [5, 5.41) is 5.26. The van der Waals surface area contributed by atoms with Crippen molar-refractivity contribution >= 4 is 40.7 Å². The fourth-order valence-corrected chi connectivity index (χ4v) is 2.78. The molecule has 9 heteroatoms. The Hall–Kier alpha value is -3.46. The Labute approximate surface area is 185 Å². The van der Waals surface area contributed by atoms with Crippen LogP contribution >= 0.6 is 12.2 Å². The molecule has 0 spiro atoms. The Balaban J connectivity index is 1.45. The van der Waals surface area contributed by atoms with Crippen molar-refractivity contribution in [3.05, 3.63) is 59.7 Å². The van der Waals surface area contributed by atoms with E-state index in [1.54, 1.807) is 48.5 Å². The van der Waals surface area contributed by atoms with Crippen LogP contribution in [0.3, 0.4) is 0 Å². The van der Waals surface area contributed by atoms with Gasteiger partial charge in [-0.05, 0) is 73.9 Å². The number of nitrogens with one attached hydrogen (secondary N) is 4. The van der Waals surface area contributed by atoms with E-state index in [2.05, 4.69) is 21.5 Å². The number of hydrogen-bond donors (Lipinski definition) is 4. The fourth-order valence-electron chi connectivity index (χ4n) is 2.63. The van der Waals surface area contributed by atoms with Crippen molar-refractivity contribution in [1.82, 2.24) is 16.2 Å². The second-order valence-electron chi connectivity index (χ2n) is 7.08. The van der Waals surface area contributed by atoms with Gasteiger partial charge in [0.05, 0.1) is 6.61 Å². The SMILES string of the molecule is CCCOc1cccc(C(=O)NC(=S)NNC(=O)c2ccc(NC(=O)C3CC3)cc2)c1. The first-order chi connectivity index (χ1) is 15.0. The molecule has 0 radical (unpaired) electrons. The van der Waals surface area contributed by atoms with Gasteiger partial charge in [-0.25, -0.2) is 0 Å². The lowest BCUT2D eigenvalue weighted by atomic mass is 10.2. The van der Waals surface area contributed by atoms with Crippen LogP contribution in [0, 0.1) is 5.92 Å². The molecule has 0 aliphatic heterocycles. The van der Waals surface area contributed by atoms with Crippen LogP contribution in [-0.4, -0.2) is 29.4 Å². The lowest BCUT2D eigenvalue weighted by Crippen LogP contribution is -2.48. The molecule has 0 atom stereocenters. The Morgan fingerprint density at radius 1 is 1.00 bits per heavy atom. The molecule has 1 aliphatic rings. The van der Waals surface area contributed by atoms with Crippen LogP contribution in [0.25, 0.3) is 0 Å². The summed E-state index contributed by atoms with van der Waals surface area (Å²) in [6.45, 7) is 2.56. The molecule has 4 N–H and O–H groups in total. The van der Waals surface area contributed by atoms with Crippen molar-refractivity contribution in [2.75, 3.05) is 11.9 Å². The van der Waals surface area contributed by atoms with Crippen LogP contribution in [0.1, 0.15) is 46.9 Å². The number of thiocarbonyl (C=S) groups is 1. The van der Waals surface area contributed by atoms with E-state index in [9.17, 15) is 14.4 Å². The highest BCUT2D eigenvalue weighted by Crippen LogP contribution is 2.30. The Bertz CT molecular complexity index is 974. The van der Waals surface area contributed by atoms with Crippen LogP contribution in [-0.2, 0) is 4.79 Å². The van der Waals surface area contributed by atoms with E-state index in [-0.39, 0.29) is 16.9 Å². The third kappa shape index (κ3) is 6.78. The average Bonchev–Trinajstić information content (AvgIpc) is 3.62. The normalized spacial score (nSPS) is 12.4. The zero-order valence-electron chi connectivity index (χ0n) is 17.1. The summed E-state index contributed by atoms with van der Waals surface area (Å²) in [5.41, 5.74) is 6.31. The van der Waals surface area contributed by atoms with Gasteiger partial charge in [-0.1, -0.05) is 13.0 Å². The van der Waals surface area contributed by atoms with Gasteiger partial charge in [0.1, 0.15) is 5.75 Å². The predicted molar refractivity (Wildman–Crippen MR) is 121 cm³/mol. The molecule has 0 unspecified atom stereocenters. The van der Waals surface area contributed by atoms with Gasteiger partial charge in [-0.3, -0.25) is 30.6 Å². The van der Waals surface area contributed by atoms with E-state index >= 15 is 0 Å². The number of rotatable bonds is 7. The average molecular weight is 441 g/mol. The monoisotopic (exact) mass is 440 g/mol. The molecule has 0 aromatic heterocycles. The number of ether oxygens (including phenoxy) is 1. The summed E-state index contributed by atoms with van der Waals surface area (Å²) in [6.07, 6.45) is 2.71. The zero-order chi connectivity index (χ0) is 22.2. The van der Waals surface area contributed by atoms with Crippen LogP contribution in [0.2, 0.25) is 0 Å². The van der Waals surface area contributed by atoms with Gasteiger partial charge in [0, 0.05) is 22.7 Å². The first kappa shape index (κ1) is 22.2. The van der Waals surface area contributed by atoms with Gasteiger partial charge in [-0.15, -0.1) is 0 Å². The maximum atomic E-state index is 12.3. The molecule has 2 aromatic carbocycles. The Morgan fingerprint density at radius 2 is 1.74 bits per heavy atom. The minimum Gasteiger partial charge on any atom is -0.494 e. The number of anilines is 1. The molecule has 3 amide bonds. The molecule has 2 aromatic rings. The predicted octanol–water partition coefficient (Wildman–Crippen LogP) is 2.77. The van der Waals surface area contributed by atoms with Gasteiger partial charge in [0.15, 0.2) is 5.11 Å². The van der Waals surface area contributed by atoms with Crippen LogP contribution in [0.4, 0.5) is 5.69 Å². The van der Waals surface area contributed by atoms with Crippen LogP contribution in [0.5, 0.6) is 5.75 Å². The topological polar surface area (TPSA) is 109 Å². The molecule has 31 heavy (non-hydrogen) atoms. The van der Waals surface area contributed by atoms with Crippen molar-refractivity contribution in [2.24, 2.45) is 5.92 Å². The van der Waals surface area contributed by atoms with E-state index in [4.69, 9.17) is 17.0 Å². The first-order valence-electron chi connectivity index (χ1n) is 10.0.